The number of rotatable bonds is 1. The van der Waals surface area contributed by atoms with Gasteiger partial charge in [-0.25, -0.2) is 9.48 Å². The van der Waals surface area contributed by atoms with Crippen LogP contribution in [0.2, 0.25) is 0 Å². The Morgan fingerprint density at radius 1 is 1.80 bits per heavy atom. The highest BCUT2D eigenvalue weighted by atomic mass is 32.1. The summed E-state index contributed by atoms with van der Waals surface area (Å²) in [6.07, 6.45) is 0. The van der Waals surface area contributed by atoms with Gasteiger partial charge < -0.3 is 5.11 Å². The lowest BCUT2D eigenvalue weighted by atomic mass is 10.7. The molecule has 0 bridgehead atoms. The van der Waals surface area contributed by atoms with Gasteiger partial charge in [-0.15, -0.1) is 17.7 Å². The fourth-order valence-corrected chi connectivity index (χ4v) is 0.606. The number of nitrogens with zero attached hydrogens (tertiary/aromatic N) is 3. The number of carboxylic acid groups (broad SMARTS) is 1. The zero-order valence-corrected chi connectivity index (χ0v) is 6.04. The van der Waals surface area contributed by atoms with Crippen molar-refractivity contribution in [2.75, 3.05) is 0 Å². The van der Waals surface area contributed by atoms with Crippen LogP contribution in [0.5, 0.6) is 0 Å². The second kappa shape index (κ2) is 2.30. The second-order valence-electron chi connectivity index (χ2n) is 1.66. The summed E-state index contributed by atoms with van der Waals surface area (Å²) < 4.78 is 1.28. The number of carbonyl (C=O) groups is 1. The maximum absolute atomic E-state index is 10.2. The zero-order valence-electron chi connectivity index (χ0n) is 5.14. The van der Waals surface area contributed by atoms with E-state index < -0.39 is 5.97 Å². The molecule has 1 aromatic heterocycles. The first-order valence-electron chi connectivity index (χ1n) is 2.44. The van der Waals surface area contributed by atoms with Gasteiger partial charge in [0.2, 0.25) is 0 Å². The number of aromatic carboxylic acids is 1. The van der Waals surface area contributed by atoms with Crippen LogP contribution in [-0.4, -0.2) is 25.8 Å². The molecule has 1 rings (SSSR count). The van der Waals surface area contributed by atoms with Crippen molar-refractivity contribution < 1.29 is 9.90 Å². The molecule has 0 radical (unpaired) electrons. The number of thiol groups is 1. The summed E-state index contributed by atoms with van der Waals surface area (Å²) in [4.78, 5) is 13.7. The fourth-order valence-electron chi connectivity index (χ4n) is 0.467. The number of aromatic nitrogens is 3. The summed E-state index contributed by atoms with van der Waals surface area (Å²) >= 11 is 3.84. The van der Waals surface area contributed by atoms with E-state index in [9.17, 15) is 4.79 Å². The van der Waals surface area contributed by atoms with Crippen molar-refractivity contribution in [1.29, 1.82) is 0 Å². The molecule has 0 aliphatic heterocycles. The van der Waals surface area contributed by atoms with E-state index in [1.165, 1.54) is 4.68 Å². The van der Waals surface area contributed by atoms with Crippen LogP contribution in [0.1, 0.15) is 10.6 Å². The topological polar surface area (TPSA) is 68.0 Å². The molecule has 0 saturated heterocycles. The van der Waals surface area contributed by atoms with Crippen molar-refractivity contribution in [2.45, 2.75) is 5.16 Å². The first-order chi connectivity index (χ1) is 4.61. The summed E-state index contributed by atoms with van der Waals surface area (Å²) in [5, 5.41) is 12.2. The van der Waals surface area contributed by atoms with Crippen LogP contribution in [-0.2, 0) is 7.05 Å². The quantitative estimate of drug-likeness (QED) is 0.557. The van der Waals surface area contributed by atoms with Gasteiger partial charge in [0.25, 0.3) is 5.82 Å². The minimum Gasteiger partial charge on any atom is -0.475 e. The first-order valence-corrected chi connectivity index (χ1v) is 2.89. The Bertz CT molecular complexity index is 250. The average Bonchev–Trinajstić information content (AvgIpc) is 2.13. The molecule has 0 fully saturated rings. The van der Waals surface area contributed by atoms with E-state index in [4.69, 9.17) is 5.11 Å². The molecule has 0 saturated carbocycles. The largest absolute Gasteiger partial charge is 0.475 e. The summed E-state index contributed by atoms with van der Waals surface area (Å²) in [5.74, 6) is -1.37. The van der Waals surface area contributed by atoms with E-state index in [1.807, 2.05) is 0 Å². The number of hydrogen-bond donors (Lipinski definition) is 2. The molecule has 0 aromatic carbocycles. The van der Waals surface area contributed by atoms with Crippen LogP contribution in [0.15, 0.2) is 5.16 Å². The first kappa shape index (κ1) is 7.07. The molecular formula is C4H5N3O2S. The SMILES string of the molecule is Cn1nc(C(=O)O)nc1S. The highest BCUT2D eigenvalue weighted by molar-refractivity contribution is 7.80. The van der Waals surface area contributed by atoms with Crippen molar-refractivity contribution >= 4 is 18.6 Å². The van der Waals surface area contributed by atoms with Crippen LogP contribution in [0, 0.1) is 0 Å². The van der Waals surface area contributed by atoms with Crippen LogP contribution in [0.3, 0.4) is 0 Å². The predicted octanol–water partition coefficient (Wildman–Crippen LogP) is -0.198. The van der Waals surface area contributed by atoms with Gasteiger partial charge in [0.15, 0.2) is 5.16 Å². The van der Waals surface area contributed by atoms with Crippen LogP contribution in [0.25, 0.3) is 0 Å². The van der Waals surface area contributed by atoms with Gasteiger partial charge in [0, 0.05) is 7.05 Å². The van der Waals surface area contributed by atoms with Crippen LogP contribution >= 0.6 is 12.6 Å². The number of carboxylic acids is 1. The van der Waals surface area contributed by atoms with Crippen molar-refractivity contribution in [3.8, 4) is 0 Å². The van der Waals surface area contributed by atoms with E-state index >= 15 is 0 Å². The summed E-state index contributed by atoms with van der Waals surface area (Å²) in [6.45, 7) is 0. The molecule has 1 N–H and O–H groups in total. The minimum atomic E-state index is -1.14. The Hall–Kier alpha value is -1.04. The molecule has 0 spiro atoms. The second-order valence-corrected chi connectivity index (χ2v) is 2.06. The van der Waals surface area contributed by atoms with Gasteiger partial charge in [-0.3, -0.25) is 0 Å². The molecule has 10 heavy (non-hydrogen) atoms. The van der Waals surface area contributed by atoms with Crippen LogP contribution in [0.4, 0.5) is 0 Å². The molecule has 0 atom stereocenters. The van der Waals surface area contributed by atoms with E-state index in [0.29, 0.717) is 0 Å². The molecule has 1 heterocycles. The molecule has 0 aliphatic carbocycles. The lowest BCUT2D eigenvalue weighted by Crippen LogP contribution is -2.00. The van der Waals surface area contributed by atoms with E-state index in [1.54, 1.807) is 7.05 Å². The lowest BCUT2D eigenvalue weighted by Gasteiger charge is -1.83. The van der Waals surface area contributed by atoms with Gasteiger partial charge in [-0.1, -0.05) is 0 Å². The highest BCUT2D eigenvalue weighted by Crippen LogP contribution is 1.99. The third-order valence-corrected chi connectivity index (χ3v) is 1.32. The fraction of sp³-hybridized carbons (Fsp3) is 0.250. The van der Waals surface area contributed by atoms with Crippen molar-refractivity contribution in [1.82, 2.24) is 14.8 Å². The smallest absolute Gasteiger partial charge is 0.375 e. The third kappa shape index (κ3) is 1.10. The van der Waals surface area contributed by atoms with Gasteiger partial charge >= 0.3 is 5.97 Å². The molecule has 0 aliphatic rings. The zero-order chi connectivity index (χ0) is 7.72. The monoisotopic (exact) mass is 159 g/mol. The Morgan fingerprint density at radius 2 is 2.40 bits per heavy atom. The summed E-state index contributed by atoms with van der Waals surface area (Å²) in [6, 6.07) is 0. The number of hydrogen-bond acceptors (Lipinski definition) is 4. The summed E-state index contributed by atoms with van der Waals surface area (Å²) in [5.41, 5.74) is 0. The average molecular weight is 159 g/mol. The molecule has 1 aromatic rings. The van der Waals surface area contributed by atoms with Crippen molar-refractivity contribution in [2.24, 2.45) is 7.05 Å². The van der Waals surface area contributed by atoms with Crippen molar-refractivity contribution in [3.05, 3.63) is 5.82 Å². The van der Waals surface area contributed by atoms with Gasteiger partial charge in [-0.2, -0.15) is 4.98 Å². The molecule has 5 nitrogen and oxygen atoms in total. The Labute approximate surface area is 62.1 Å². The Balaban J connectivity index is 3.10. The van der Waals surface area contributed by atoms with E-state index in [-0.39, 0.29) is 11.0 Å². The molecule has 54 valence electrons. The Morgan fingerprint density at radius 3 is 2.60 bits per heavy atom. The standard InChI is InChI=1S/C4H5N3O2S/c1-7-4(10)5-2(6-7)3(8)9/h1H3,(H,8,9)(H,5,6,10). The molecule has 0 unspecified atom stereocenters. The van der Waals surface area contributed by atoms with E-state index in [0.717, 1.165) is 0 Å². The molecule has 0 amide bonds. The van der Waals surface area contributed by atoms with Gasteiger partial charge in [0.1, 0.15) is 0 Å². The minimum absolute atomic E-state index is 0.229. The third-order valence-electron chi connectivity index (χ3n) is 0.931. The summed E-state index contributed by atoms with van der Waals surface area (Å²) in [7, 11) is 1.57. The molecule has 6 heteroatoms. The molecular weight excluding hydrogens is 154 g/mol. The maximum Gasteiger partial charge on any atom is 0.375 e. The normalized spacial score (nSPS) is 9.80. The van der Waals surface area contributed by atoms with E-state index in [2.05, 4.69) is 22.7 Å². The highest BCUT2D eigenvalue weighted by Gasteiger charge is 2.09. The number of aryl methyl sites for hydroxylation is 1. The lowest BCUT2D eigenvalue weighted by molar-refractivity contribution is 0.0683. The van der Waals surface area contributed by atoms with Crippen LogP contribution < -0.4 is 0 Å². The predicted molar refractivity (Wildman–Crippen MR) is 35.2 cm³/mol. The van der Waals surface area contributed by atoms with Crippen molar-refractivity contribution in [3.63, 3.8) is 0 Å². The maximum atomic E-state index is 10.2. The van der Waals surface area contributed by atoms with Gasteiger partial charge in [-0.05, 0) is 0 Å². The Kier molecular flexibility index (Phi) is 1.62. The van der Waals surface area contributed by atoms with Gasteiger partial charge in [0.05, 0.1) is 0 Å².